The van der Waals surface area contributed by atoms with Crippen molar-refractivity contribution in [3.05, 3.63) is 24.3 Å². The molecule has 0 radical (unpaired) electrons. The maximum absolute atomic E-state index is 12.0. The second kappa shape index (κ2) is 5.87. The summed E-state index contributed by atoms with van der Waals surface area (Å²) >= 11 is 0. The summed E-state index contributed by atoms with van der Waals surface area (Å²) in [5.74, 6) is 0.996. The zero-order chi connectivity index (χ0) is 13.0. The van der Waals surface area contributed by atoms with E-state index in [9.17, 15) is 4.79 Å². The molecule has 0 aliphatic heterocycles. The smallest absolute Gasteiger partial charge is 0.227 e. The van der Waals surface area contributed by atoms with E-state index in [1.54, 1.807) is 7.11 Å². The summed E-state index contributed by atoms with van der Waals surface area (Å²) < 4.78 is 5.08. The van der Waals surface area contributed by atoms with Gasteiger partial charge in [0.05, 0.1) is 7.11 Å². The first-order chi connectivity index (χ1) is 8.69. The van der Waals surface area contributed by atoms with Crippen LogP contribution in [0.15, 0.2) is 24.3 Å². The van der Waals surface area contributed by atoms with Crippen LogP contribution >= 0.6 is 0 Å². The maximum Gasteiger partial charge on any atom is 0.227 e. The Morgan fingerprint density at radius 1 is 1.22 bits per heavy atom. The number of carbonyl (C=O) groups is 1. The molecule has 0 saturated heterocycles. The highest BCUT2D eigenvalue weighted by Crippen LogP contribution is 2.25. The predicted octanol–water partition coefficient (Wildman–Crippen LogP) is 2.15. The number of amides is 1. The normalized spacial score (nSPS) is 23.4. The van der Waals surface area contributed by atoms with E-state index in [1.165, 1.54) is 0 Å². The minimum Gasteiger partial charge on any atom is -0.497 e. The van der Waals surface area contributed by atoms with Crippen molar-refractivity contribution in [3.63, 3.8) is 0 Å². The van der Waals surface area contributed by atoms with Gasteiger partial charge < -0.3 is 15.8 Å². The molecule has 1 aromatic rings. The van der Waals surface area contributed by atoms with Gasteiger partial charge in [0.2, 0.25) is 5.91 Å². The molecule has 1 fully saturated rings. The lowest BCUT2D eigenvalue weighted by Gasteiger charge is -2.25. The van der Waals surface area contributed by atoms with E-state index in [1.807, 2.05) is 24.3 Å². The van der Waals surface area contributed by atoms with Crippen LogP contribution in [-0.2, 0) is 4.79 Å². The van der Waals surface area contributed by atoms with Crippen molar-refractivity contribution < 1.29 is 9.53 Å². The molecule has 0 aromatic heterocycles. The quantitative estimate of drug-likeness (QED) is 0.861. The van der Waals surface area contributed by atoms with Crippen molar-refractivity contribution in [2.75, 3.05) is 12.4 Å². The summed E-state index contributed by atoms with van der Waals surface area (Å²) in [6.45, 7) is 0. The van der Waals surface area contributed by atoms with E-state index in [0.29, 0.717) is 0 Å². The van der Waals surface area contributed by atoms with E-state index in [0.717, 1.165) is 37.1 Å². The van der Waals surface area contributed by atoms with Crippen LogP contribution in [0, 0.1) is 5.92 Å². The van der Waals surface area contributed by atoms with E-state index in [2.05, 4.69) is 5.32 Å². The first-order valence-corrected chi connectivity index (χ1v) is 6.39. The number of rotatable bonds is 3. The highest BCUT2D eigenvalue weighted by Gasteiger charge is 2.24. The lowest BCUT2D eigenvalue weighted by molar-refractivity contribution is -0.120. The molecule has 0 bridgehead atoms. The molecule has 1 aliphatic rings. The molecular formula is C14H20N2O2. The zero-order valence-electron chi connectivity index (χ0n) is 10.7. The van der Waals surface area contributed by atoms with E-state index in [-0.39, 0.29) is 17.9 Å². The van der Waals surface area contributed by atoms with Gasteiger partial charge in [-0.05, 0) is 49.9 Å². The second-order valence-electron chi connectivity index (χ2n) is 4.83. The van der Waals surface area contributed by atoms with Gasteiger partial charge in [0.1, 0.15) is 5.75 Å². The Labute approximate surface area is 108 Å². The molecule has 18 heavy (non-hydrogen) atoms. The van der Waals surface area contributed by atoms with Crippen LogP contribution < -0.4 is 15.8 Å². The Morgan fingerprint density at radius 3 is 2.39 bits per heavy atom. The highest BCUT2D eigenvalue weighted by atomic mass is 16.5. The summed E-state index contributed by atoms with van der Waals surface area (Å²) in [6, 6.07) is 7.66. The van der Waals surface area contributed by atoms with Crippen LogP contribution in [0.5, 0.6) is 5.75 Å². The number of carbonyl (C=O) groups excluding carboxylic acids is 1. The summed E-state index contributed by atoms with van der Waals surface area (Å²) in [5, 5.41) is 2.94. The van der Waals surface area contributed by atoms with E-state index < -0.39 is 0 Å². The van der Waals surface area contributed by atoms with Crippen LogP contribution in [-0.4, -0.2) is 19.1 Å². The molecule has 0 spiro atoms. The third-order valence-electron chi connectivity index (χ3n) is 3.50. The molecule has 0 unspecified atom stereocenters. The number of nitrogens with two attached hydrogens (primary N) is 1. The van der Waals surface area contributed by atoms with Crippen molar-refractivity contribution in [2.45, 2.75) is 31.7 Å². The number of nitrogens with one attached hydrogen (secondary N) is 1. The summed E-state index contributed by atoms with van der Waals surface area (Å²) in [7, 11) is 1.62. The Balaban J connectivity index is 1.90. The first-order valence-electron chi connectivity index (χ1n) is 6.39. The van der Waals surface area contributed by atoms with E-state index >= 15 is 0 Å². The average molecular weight is 248 g/mol. The van der Waals surface area contributed by atoms with Gasteiger partial charge in [-0.2, -0.15) is 0 Å². The number of ether oxygens (including phenoxy) is 1. The van der Waals surface area contributed by atoms with Gasteiger partial charge >= 0.3 is 0 Å². The fourth-order valence-electron chi connectivity index (χ4n) is 2.30. The fraction of sp³-hybridized carbons (Fsp3) is 0.500. The molecule has 0 heterocycles. The van der Waals surface area contributed by atoms with Crippen LogP contribution in [0.1, 0.15) is 25.7 Å². The molecule has 1 aliphatic carbocycles. The zero-order valence-corrected chi connectivity index (χ0v) is 10.7. The van der Waals surface area contributed by atoms with Crippen molar-refractivity contribution in [2.24, 2.45) is 11.7 Å². The highest BCUT2D eigenvalue weighted by molar-refractivity contribution is 5.92. The van der Waals surface area contributed by atoms with Gasteiger partial charge in [0.15, 0.2) is 0 Å². The molecule has 3 N–H and O–H groups in total. The summed E-state index contributed by atoms with van der Waals surface area (Å²) in [5.41, 5.74) is 6.65. The number of anilines is 1. The van der Waals surface area contributed by atoms with Crippen LogP contribution in [0.25, 0.3) is 0 Å². The van der Waals surface area contributed by atoms with Gasteiger partial charge in [-0.25, -0.2) is 0 Å². The van der Waals surface area contributed by atoms with Crippen LogP contribution in [0.3, 0.4) is 0 Å². The lowest BCUT2D eigenvalue weighted by atomic mass is 9.86. The fourth-order valence-corrected chi connectivity index (χ4v) is 2.30. The lowest BCUT2D eigenvalue weighted by Crippen LogP contribution is -2.32. The molecule has 0 atom stereocenters. The number of benzene rings is 1. The summed E-state index contributed by atoms with van der Waals surface area (Å²) in [4.78, 5) is 12.0. The van der Waals surface area contributed by atoms with Gasteiger partial charge in [0.25, 0.3) is 0 Å². The van der Waals surface area contributed by atoms with Gasteiger partial charge in [-0.15, -0.1) is 0 Å². The van der Waals surface area contributed by atoms with Gasteiger partial charge in [-0.1, -0.05) is 0 Å². The Kier molecular flexibility index (Phi) is 4.20. The van der Waals surface area contributed by atoms with Crippen molar-refractivity contribution in [1.82, 2.24) is 0 Å². The molecule has 1 saturated carbocycles. The molecule has 4 nitrogen and oxygen atoms in total. The van der Waals surface area contributed by atoms with Crippen LogP contribution in [0.4, 0.5) is 5.69 Å². The van der Waals surface area contributed by atoms with Crippen LogP contribution in [0.2, 0.25) is 0 Å². The standard InChI is InChI=1S/C14H20N2O2/c1-18-13-8-6-12(7-9-13)16-14(17)10-2-4-11(15)5-3-10/h6-11H,2-5,15H2,1H3,(H,16,17)/t10-,11-. The largest absolute Gasteiger partial charge is 0.497 e. The predicted molar refractivity (Wildman–Crippen MR) is 71.6 cm³/mol. The van der Waals surface area contributed by atoms with Crippen molar-refractivity contribution in [1.29, 1.82) is 0 Å². The van der Waals surface area contributed by atoms with Gasteiger partial charge in [-0.3, -0.25) is 4.79 Å². The maximum atomic E-state index is 12.0. The van der Waals surface area contributed by atoms with E-state index in [4.69, 9.17) is 10.5 Å². The molecule has 2 rings (SSSR count). The molecular weight excluding hydrogens is 228 g/mol. The van der Waals surface area contributed by atoms with Gasteiger partial charge in [0, 0.05) is 17.6 Å². The summed E-state index contributed by atoms with van der Waals surface area (Å²) in [6.07, 6.45) is 3.67. The third kappa shape index (κ3) is 3.23. The van der Waals surface area contributed by atoms with Crippen molar-refractivity contribution in [3.8, 4) is 5.75 Å². The molecule has 1 amide bonds. The number of hydrogen-bond acceptors (Lipinski definition) is 3. The Morgan fingerprint density at radius 2 is 1.83 bits per heavy atom. The molecule has 98 valence electrons. The number of methoxy groups -OCH3 is 1. The topological polar surface area (TPSA) is 64.3 Å². The number of hydrogen-bond donors (Lipinski definition) is 2. The monoisotopic (exact) mass is 248 g/mol. The minimum absolute atomic E-state index is 0.104. The average Bonchev–Trinajstić information content (AvgIpc) is 2.40. The minimum atomic E-state index is 0.104. The Bertz CT molecular complexity index is 395. The molecule has 4 heteroatoms. The molecule has 1 aromatic carbocycles. The third-order valence-corrected chi connectivity index (χ3v) is 3.50. The Hall–Kier alpha value is -1.55. The van der Waals surface area contributed by atoms with Crippen molar-refractivity contribution >= 4 is 11.6 Å². The second-order valence-corrected chi connectivity index (χ2v) is 4.83. The SMILES string of the molecule is COc1ccc(NC(=O)[C@H]2CC[C@H](N)CC2)cc1. The first kappa shape index (κ1) is 12.9.